The molecule has 0 aliphatic carbocycles. The highest BCUT2D eigenvalue weighted by Gasteiger charge is 2.04. The molecule has 20 heavy (non-hydrogen) atoms. The number of benzene rings is 1. The van der Waals surface area contributed by atoms with Crippen LogP contribution in [-0.4, -0.2) is 25.8 Å². The minimum Gasteiger partial charge on any atom is -0.381 e. The number of rotatable bonds is 8. The Bertz CT molecular complexity index is 419. The molecule has 0 spiro atoms. The summed E-state index contributed by atoms with van der Waals surface area (Å²) >= 11 is 0. The average molecular weight is 278 g/mol. The maximum Gasteiger partial charge on any atom is 0.319 e. The van der Waals surface area contributed by atoms with Crippen LogP contribution >= 0.6 is 0 Å². The second-order valence-corrected chi connectivity index (χ2v) is 4.95. The van der Waals surface area contributed by atoms with E-state index in [0.29, 0.717) is 13.2 Å². The molecule has 0 unspecified atom stereocenters. The average Bonchev–Trinajstić information content (AvgIpc) is 2.43. The monoisotopic (exact) mass is 278 g/mol. The zero-order chi connectivity index (χ0) is 14.8. The van der Waals surface area contributed by atoms with Gasteiger partial charge in [0.2, 0.25) is 0 Å². The van der Waals surface area contributed by atoms with E-state index in [1.807, 2.05) is 32.0 Å². The maximum absolute atomic E-state index is 11.7. The molecule has 0 radical (unpaired) electrons. The highest BCUT2D eigenvalue weighted by molar-refractivity contribution is 5.90. The van der Waals surface area contributed by atoms with Gasteiger partial charge in [-0.05, 0) is 43.9 Å². The quantitative estimate of drug-likeness (QED) is 0.713. The van der Waals surface area contributed by atoms with Crippen LogP contribution in [-0.2, 0) is 4.74 Å². The summed E-state index contributed by atoms with van der Waals surface area (Å²) in [5, 5.41) is 5.71. The fourth-order valence-corrected chi connectivity index (χ4v) is 1.78. The van der Waals surface area contributed by atoms with Gasteiger partial charge in [-0.25, -0.2) is 4.79 Å². The van der Waals surface area contributed by atoms with Crippen molar-refractivity contribution in [2.45, 2.75) is 40.0 Å². The Morgan fingerprint density at radius 2 is 1.95 bits per heavy atom. The summed E-state index contributed by atoms with van der Waals surface area (Å²) in [6.45, 7) is 8.32. The Kier molecular flexibility index (Phi) is 7.73. The Labute approximate surface area is 121 Å². The SMILES string of the molecule is CCCCOCCCNC(=O)Nc1cccc(C)c1C. The number of carbonyl (C=O) groups is 1. The van der Waals surface area contributed by atoms with Crippen molar-refractivity contribution in [3.05, 3.63) is 29.3 Å². The fourth-order valence-electron chi connectivity index (χ4n) is 1.78. The lowest BCUT2D eigenvalue weighted by molar-refractivity contribution is 0.129. The van der Waals surface area contributed by atoms with E-state index >= 15 is 0 Å². The van der Waals surface area contributed by atoms with E-state index < -0.39 is 0 Å². The molecule has 0 saturated heterocycles. The lowest BCUT2D eigenvalue weighted by Crippen LogP contribution is -2.30. The van der Waals surface area contributed by atoms with Gasteiger partial charge in [0.05, 0.1) is 0 Å². The van der Waals surface area contributed by atoms with Crippen LogP contribution in [0.2, 0.25) is 0 Å². The number of urea groups is 1. The Morgan fingerprint density at radius 1 is 1.20 bits per heavy atom. The third kappa shape index (κ3) is 6.06. The molecule has 2 N–H and O–H groups in total. The molecule has 4 nitrogen and oxygen atoms in total. The smallest absolute Gasteiger partial charge is 0.319 e. The Morgan fingerprint density at radius 3 is 2.70 bits per heavy atom. The molecule has 2 amide bonds. The molecule has 0 aliphatic rings. The predicted molar refractivity (Wildman–Crippen MR) is 83.3 cm³/mol. The van der Waals surface area contributed by atoms with Gasteiger partial charge in [-0.2, -0.15) is 0 Å². The first kappa shape index (κ1) is 16.5. The molecular formula is C16H26N2O2. The third-order valence-electron chi connectivity index (χ3n) is 3.25. The molecule has 0 bridgehead atoms. The van der Waals surface area contributed by atoms with Gasteiger partial charge in [-0.1, -0.05) is 25.5 Å². The van der Waals surface area contributed by atoms with Crippen LogP contribution in [0.25, 0.3) is 0 Å². The van der Waals surface area contributed by atoms with E-state index in [1.165, 1.54) is 5.56 Å². The second kappa shape index (κ2) is 9.37. The summed E-state index contributed by atoms with van der Waals surface area (Å²) < 4.78 is 5.44. The van der Waals surface area contributed by atoms with Crippen LogP contribution < -0.4 is 10.6 Å². The normalized spacial score (nSPS) is 10.3. The van der Waals surface area contributed by atoms with Crippen molar-refractivity contribution >= 4 is 11.7 Å². The first-order chi connectivity index (χ1) is 9.65. The molecule has 1 aromatic rings. The van der Waals surface area contributed by atoms with E-state index in [9.17, 15) is 4.79 Å². The summed E-state index contributed by atoms with van der Waals surface area (Å²) in [6.07, 6.45) is 3.08. The van der Waals surface area contributed by atoms with Gasteiger partial charge in [0.1, 0.15) is 0 Å². The molecule has 0 fully saturated rings. The summed E-state index contributed by atoms with van der Waals surface area (Å²) in [7, 11) is 0. The number of amides is 2. The van der Waals surface area contributed by atoms with Crippen molar-refractivity contribution < 1.29 is 9.53 Å². The molecule has 1 aromatic carbocycles. The molecule has 0 saturated carbocycles. The van der Waals surface area contributed by atoms with E-state index in [2.05, 4.69) is 17.6 Å². The van der Waals surface area contributed by atoms with Gasteiger partial charge in [-0.3, -0.25) is 0 Å². The fraction of sp³-hybridized carbons (Fsp3) is 0.562. The number of hydrogen-bond donors (Lipinski definition) is 2. The van der Waals surface area contributed by atoms with E-state index in [1.54, 1.807) is 0 Å². The highest BCUT2D eigenvalue weighted by atomic mass is 16.5. The minimum atomic E-state index is -0.160. The van der Waals surface area contributed by atoms with Gasteiger partial charge >= 0.3 is 6.03 Å². The van der Waals surface area contributed by atoms with Crippen molar-refractivity contribution in [3.63, 3.8) is 0 Å². The minimum absolute atomic E-state index is 0.160. The number of unbranched alkanes of at least 4 members (excludes halogenated alkanes) is 1. The lowest BCUT2D eigenvalue weighted by atomic mass is 10.1. The standard InChI is InChI=1S/C16H26N2O2/c1-4-5-11-20-12-7-10-17-16(19)18-15-9-6-8-13(2)14(15)3/h6,8-9H,4-5,7,10-12H2,1-3H3,(H2,17,18,19). The number of ether oxygens (including phenoxy) is 1. The van der Waals surface area contributed by atoms with Crippen LogP contribution in [0.5, 0.6) is 0 Å². The molecule has 1 rings (SSSR count). The van der Waals surface area contributed by atoms with Gasteiger partial charge in [0.25, 0.3) is 0 Å². The van der Waals surface area contributed by atoms with Crippen LogP contribution in [0, 0.1) is 13.8 Å². The first-order valence-electron chi connectivity index (χ1n) is 7.34. The maximum atomic E-state index is 11.7. The summed E-state index contributed by atoms with van der Waals surface area (Å²) in [6, 6.07) is 5.73. The number of aryl methyl sites for hydroxylation is 1. The predicted octanol–water partition coefficient (Wildman–Crippen LogP) is 3.63. The Hall–Kier alpha value is -1.55. The van der Waals surface area contributed by atoms with Crippen LogP contribution in [0.4, 0.5) is 10.5 Å². The molecular weight excluding hydrogens is 252 g/mol. The molecule has 0 heterocycles. The summed E-state index contributed by atoms with van der Waals surface area (Å²) in [5.41, 5.74) is 3.14. The summed E-state index contributed by atoms with van der Waals surface area (Å²) in [5.74, 6) is 0. The van der Waals surface area contributed by atoms with Crippen molar-refractivity contribution in [1.29, 1.82) is 0 Å². The van der Waals surface area contributed by atoms with Crippen LogP contribution in [0.1, 0.15) is 37.3 Å². The van der Waals surface area contributed by atoms with Crippen molar-refractivity contribution in [3.8, 4) is 0 Å². The first-order valence-corrected chi connectivity index (χ1v) is 7.34. The van der Waals surface area contributed by atoms with Crippen molar-refractivity contribution in [1.82, 2.24) is 5.32 Å². The molecule has 4 heteroatoms. The zero-order valence-electron chi connectivity index (χ0n) is 12.8. The number of carbonyl (C=O) groups excluding carboxylic acids is 1. The van der Waals surface area contributed by atoms with Crippen molar-refractivity contribution in [2.24, 2.45) is 0 Å². The third-order valence-corrected chi connectivity index (χ3v) is 3.25. The van der Waals surface area contributed by atoms with E-state index in [-0.39, 0.29) is 6.03 Å². The molecule has 0 aliphatic heterocycles. The molecule has 0 atom stereocenters. The van der Waals surface area contributed by atoms with Gasteiger partial charge in [0, 0.05) is 25.4 Å². The lowest BCUT2D eigenvalue weighted by Gasteiger charge is -2.11. The number of hydrogen-bond acceptors (Lipinski definition) is 2. The largest absolute Gasteiger partial charge is 0.381 e. The van der Waals surface area contributed by atoms with Crippen molar-refractivity contribution in [2.75, 3.05) is 25.1 Å². The van der Waals surface area contributed by atoms with E-state index in [0.717, 1.165) is 37.1 Å². The van der Waals surface area contributed by atoms with Crippen LogP contribution in [0.15, 0.2) is 18.2 Å². The summed E-state index contributed by atoms with van der Waals surface area (Å²) in [4.78, 5) is 11.7. The topological polar surface area (TPSA) is 50.4 Å². The highest BCUT2D eigenvalue weighted by Crippen LogP contribution is 2.17. The number of anilines is 1. The Balaban J connectivity index is 2.19. The molecule has 112 valence electrons. The van der Waals surface area contributed by atoms with Gasteiger partial charge < -0.3 is 15.4 Å². The number of nitrogens with one attached hydrogen (secondary N) is 2. The zero-order valence-corrected chi connectivity index (χ0v) is 12.8. The second-order valence-electron chi connectivity index (χ2n) is 4.95. The van der Waals surface area contributed by atoms with Gasteiger partial charge in [-0.15, -0.1) is 0 Å². The van der Waals surface area contributed by atoms with E-state index in [4.69, 9.17) is 4.74 Å². The molecule has 0 aromatic heterocycles. The van der Waals surface area contributed by atoms with Gasteiger partial charge in [0.15, 0.2) is 0 Å². The van der Waals surface area contributed by atoms with Crippen LogP contribution in [0.3, 0.4) is 0 Å².